The van der Waals surface area contributed by atoms with Gasteiger partial charge in [0.05, 0.1) is 8.95 Å². The summed E-state index contributed by atoms with van der Waals surface area (Å²) in [6.07, 6.45) is 0. The first kappa shape index (κ1) is 15.0. The molecule has 0 aliphatic rings. The van der Waals surface area contributed by atoms with Crippen molar-refractivity contribution in [3.8, 4) is 5.75 Å². The number of benzene rings is 2. The Bertz CT molecular complexity index is 587. The average Bonchev–Trinajstić information content (AvgIpc) is 2.41. The van der Waals surface area contributed by atoms with Crippen LogP contribution in [0.25, 0.3) is 0 Å². The van der Waals surface area contributed by atoms with Crippen LogP contribution in [0.5, 0.6) is 5.75 Å². The molecule has 19 heavy (non-hydrogen) atoms. The summed E-state index contributed by atoms with van der Waals surface area (Å²) in [6, 6.07) is 10.7. The van der Waals surface area contributed by atoms with Gasteiger partial charge in [-0.05, 0) is 55.6 Å². The van der Waals surface area contributed by atoms with Crippen LogP contribution in [-0.2, 0) is 11.9 Å². The second-order valence-electron chi connectivity index (χ2n) is 3.90. The highest BCUT2D eigenvalue weighted by atomic mass is 79.9. The molecule has 1 nitrogen and oxygen atoms in total. The molecule has 2 aromatic carbocycles. The number of alkyl halides is 1. The van der Waals surface area contributed by atoms with Gasteiger partial charge >= 0.3 is 0 Å². The maximum absolute atomic E-state index is 13.1. The fourth-order valence-electron chi connectivity index (χ4n) is 1.61. The molecule has 0 unspecified atom stereocenters. The molecule has 5 heteroatoms. The molecule has 0 bridgehead atoms. The summed E-state index contributed by atoms with van der Waals surface area (Å²) in [5, 5.41) is 0.717. The van der Waals surface area contributed by atoms with Crippen molar-refractivity contribution in [2.45, 2.75) is 11.9 Å². The van der Waals surface area contributed by atoms with Gasteiger partial charge in [-0.15, -0.1) is 0 Å². The maximum Gasteiger partial charge on any atom is 0.138 e. The van der Waals surface area contributed by atoms with Crippen molar-refractivity contribution >= 4 is 47.8 Å². The maximum atomic E-state index is 13.1. The molecule has 2 rings (SSSR count). The van der Waals surface area contributed by atoms with Crippen molar-refractivity contribution < 1.29 is 9.13 Å². The molecule has 0 aliphatic heterocycles. The number of hydrogen-bond acceptors (Lipinski definition) is 1. The van der Waals surface area contributed by atoms with Crippen molar-refractivity contribution in [3.63, 3.8) is 0 Å². The molecule has 0 aromatic heterocycles. The van der Waals surface area contributed by atoms with Gasteiger partial charge in [0, 0.05) is 10.9 Å². The molecule has 0 radical (unpaired) electrons. The van der Waals surface area contributed by atoms with E-state index >= 15 is 0 Å². The lowest BCUT2D eigenvalue weighted by atomic mass is 10.2. The monoisotopic (exact) mass is 450 g/mol. The van der Waals surface area contributed by atoms with Gasteiger partial charge in [-0.3, -0.25) is 0 Å². The van der Waals surface area contributed by atoms with Crippen molar-refractivity contribution in [2.24, 2.45) is 0 Å². The Morgan fingerprint density at radius 1 is 1.05 bits per heavy atom. The normalized spacial score (nSPS) is 10.5. The predicted molar refractivity (Wildman–Crippen MR) is 85.2 cm³/mol. The first-order valence-corrected chi connectivity index (χ1v) is 8.22. The molecule has 0 aliphatic carbocycles. The molecule has 0 heterocycles. The molecule has 0 amide bonds. The Hall–Kier alpha value is -0.390. The summed E-state index contributed by atoms with van der Waals surface area (Å²) in [7, 11) is 0. The van der Waals surface area contributed by atoms with E-state index in [9.17, 15) is 4.39 Å². The zero-order valence-electron chi connectivity index (χ0n) is 9.80. The van der Waals surface area contributed by atoms with Gasteiger partial charge in [-0.2, -0.15) is 0 Å². The lowest BCUT2D eigenvalue weighted by Gasteiger charge is -2.12. The van der Waals surface area contributed by atoms with Crippen molar-refractivity contribution in [1.29, 1.82) is 0 Å². The summed E-state index contributed by atoms with van der Waals surface area (Å²) in [5.74, 6) is 0.533. The van der Waals surface area contributed by atoms with Crippen LogP contribution in [0.1, 0.15) is 11.1 Å². The van der Waals surface area contributed by atoms with Crippen LogP contribution in [-0.4, -0.2) is 0 Å². The standard InChI is InChI=1S/C14H10Br3FO/c15-7-10-2-1-3-11(16)14(10)19-8-9-4-5-13(18)12(17)6-9/h1-6H,7-8H2. The Labute approximate surface area is 136 Å². The molecule has 0 saturated heterocycles. The van der Waals surface area contributed by atoms with Crippen molar-refractivity contribution in [2.75, 3.05) is 0 Å². The van der Waals surface area contributed by atoms with Crippen molar-refractivity contribution in [3.05, 3.63) is 62.3 Å². The first-order chi connectivity index (χ1) is 9.11. The summed E-state index contributed by atoms with van der Waals surface area (Å²) < 4.78 is 20.3. The Kier molecular flexibility index (Phi) is 5.42. The van der Waals surface area contributed by atoms with Crippen LogP contribution in [0.15, 0.2) is 45.3 Å². The number of hydrogen-bond donors (Lipinski definition) is 0. The summed E-state index contributed by atoms with van der Waals surface area (Å²) >= 11 is 10.1. The van der Waals surface area contributed by atoms with E-state index < -0.39 is 0 Å². The lowest BCUT2D eigenvalue weighted by Crippen LogP contribution is -1.99. The fourth-order valence-corrected chi connectivity index (χ4v) is 2.99. The number of rotatable bonds is 4. The zero-order chi connectivity index (χ0) is 13.8. The van der Waals surface area contributed by atoms with Crippen LogP contribution in [0.3, 0.4) is 0 Å². The smallest absolute Gasteiger partial charge is 0.138 e. The van der Waals surface area contributed by atoms with Crippen molar-refractivity contribution in [1.82, 2.24) is 0 Å². The van der Waals surface area contributed by atoms with E-state index in [0.29, 0.717) is 11.1 Å². The number of ether oxygens (including phenoxy) is 1. The van der Waals surface area contributed by atoms with E-state index in [4.69, 9.17) is 4.74 Å². The molecule has 2 aromatic rings. The fraction of sp³-hybridized carbons (Fsp3) is 0.143. The number of para-hydroxylation sites is 1. The summed E-state index contributed by atoms with van der Waals surface area (Å²) in [6.45, 7) is 0.390. The molecule has 100 valence electrons. The van der Waals surface area contributed by atoms with Gasteiger partial charge in [0.1, 0.15) is 18.2 Å². The van der Waals surface area contributed by atoms with Crippen LogP contribution < -0.4 is 4.74 Å². The SMILES string of the molecule is Fc1ccc(COc2c(Br)cccc2CBr)cc1Br. The van der Waals surface area contributed by atoms with Crippen LogP contribution in [0, 0.1) is 5.82 Å². The van der Waals surface area contributed by atoms with Crippen LogP contribution in [0.4, 0.5) is 4.39 Å². The predicted octanol–water partition coefficient (Wildman–Crippen LogP) is 5.82. The Balaban J connectivity index is 2.16. The van der Waals surface area contributed by atoms with Gasteiger partial charge in [-0.25, -0.2) is 4.39 Å². The molecule has 0 saturated carbocycles. The van der Waals surface area contributed by atoms with Crippen LogP contribution >= 0.6 is 47.8 Å². The van der Waals surface area contributed by atoms with E-state index in [1.54, 1.807) is 12.1 Å². The van der Waals surface area contributed by atoms with E-state index in [0.717, 1.165) is 26.7 Å². The summed E-state index contributed by atoms with van der Waals surface area (Å²) in [4.78, 5) is 0. The van der Waals surface area contributed by atoms with Gasteiger partial charge in [0.15, 0.2) is 0 Å². The van der Waals surface area contributed by atoms with E-state index in [1.165, 1.54) is 6.07 Å². The Morgan fingerprint density at radius 3 is 2.53 bits per heavy atom. The third kappa shape index (κ3) is 3.80. The largest absolute Gasteiger partial charge is 0.487 e. The quantitative estimate of drug-likeness (QED) is 0.531. The minimum Gasteiger partial charge on any atom is -0.487 e. The second kappa shape index (κ2) is 6.86. The van der Waals surface area contributed by atoms with Gasteiger partial charge in [0.25, 0.3) is 0 Å². The third-order valence-corrected chi connectivity index (χ3v) is 4.40. The molecular formula is C14H10Br3FO. The van der Waals surface area contributed by atoms with Gasteiger partial charge < -0.3 is 4.74 Å². The highest BCUT2D eigenvalue weighted by Crippen LogP contribution is 2.31. The Morgan fingerprint density at radius 2 is 1.84 bits per heavy atom. The molecule has 0 fully saturated rings. The molecule has 0 N–H and O–H groups in total. The third-order valence-electron chi connectivity index (χ3n) is 2.56. The second-order valence-corrected chi connectivity index (χ2v) is 6.17. The highest BCUT2D eigenvalue weighted by Gasteiger charge is 2.08. The minimum atomic E-state index is -0.272. The summed E-state index contributed by atoms with van der Waals surface area (Å²) in [5.41, 5.74) is 1.97. The van der Waals surface area contributed by atoms with E-state index in [1.807, 2.05) is 18.2 Å². The lowest BCUT2D eigenvalue weighted by molar-refractivity contribution is 0.301. The van der Waals surface area contributed by atoms with Crippen LogP contribution in [0.2, 0.25) is 0 Å². The molecule has 0 spiro atoms. The first-order valence-electron chi connectivity index (χ1n) is 5.52. The van der Waals surface area contributed by atoms with Gasteiger partial charge in [-0.1, -0.05) is 34.1 Å². The number of halogens is 4. The highest BCUT2D eigenvalue weighted by molar-refractivity contribution is 9.11. The minimum absolute atomic E-state index is 0.272. The van der Waals surface area contributed by atoms with E-state index in [2.05, 4.69) is 47.8 Å². The zero-order valence-corrected chi connectivity index (χ0v) is 14.6. The average molecular weight is 453 g/mol. The van der Waals surface area contributed by atoms with E-state index in [-0.39, 0.29) is 5.82 Å². The molecular weight excluding hydrogens is 443 g/mol. The topological polar surface area (TPSA) is 9.23 Å². The van der Waals surface area contributed by atoms with Gasteiger partial charge in [0.2, 0.25) is 0 Å². The molecule has 0 atom stereocenters.